The first-order valence-electron chi connectivity index (χ1n) is 4.67. The Bertz CT molecular complexity index is 160. The predicted molar refractivity (Wildman–Crippen MR) is 49.7 cm³/mol. The van der Waals surface area contributed by atoms with E-state index in [1.807, 2.05) is 0 Å². The Kier molecular flexibility index (Phi) is 4.13. The van der Waals surface area contributed by atoms with E-state index in [1.165, 1.54) is 19.3 Å². The molecule has 1 saturated heterocycles. The molecular formula is C10H17NO. The molecule has 0 spiro atoms. The van der Waals surface area contributed by atoms with Crippen LogP contribution in [0.4, 0.5) is 0 Å². The monoisotopic (exact) mass is 167 g/mol. The van der Waals surface area contributed by atoms with Crippen LogP contribution in [0.2, 0.25) is 0 Å². The fourth-order valence-electron chi connectivity index (χ4n) is 1.86. The summed E-state index contributed by atoms with van der Waals surface area (Å²) >= 11 is 0. The molecule has 1 rings (SSSR count). The molecule has 0 aliphatic carbocycles. The summed E-state index contributed by atoms with van der Waals surface area (Å²) < 4.78 is 0. The van der Waals surface area contributed by atoms with Gasteiger partial charge in [0.2, 0.25) is 0 Å². The molecule has 1 unspecified atom stereocenters. The van der Waals surface area contributed by atoms with Crippen molar-refractivity contribution in [1.29, 1.82) is 0 Å². The van der Waals surface area contributed by atoms with Crippen LogP contribution in [0.15, 0.2) is 0 Å². The maximum absolute atomic E-state index is 8.83. The highest BCUT2D eigenvalue weighted by Gasteiger charge is 2.20. The van der Waals surface area contributed by atoms with Gasteiger partial charge < -0.3 is 5.11 Å². The van der Waals surface area contributed by atoms with Crippen LogP contribution < -0.4 is 0 Å². The third kappa shape index (κ3) is 2.51. The van der Waals surface area contributed by atoms with Crippen LogP contribution in [0, 0.1) is 12.3 Å². The van der Waals surface area contributed by atoms with Gasteiger partial charge in [-0.25, -0.2) is 0 Å². The third-order valence-corrected chi connectivity index (χ3v) is 2.51. The molecule has 1 heterocycles. The first-order valence-corrected chi connectivity index (χ1v) is 4.67. The lowest BCUT2D eigenvalue weighted by molar-refractivity contribution is 0.134. The molecule has 1 fully saturated rings. The Labute approximate surface area is 74.6 Å². The van der Waals surface area contributed by atoms with E-state index in [0.29, 0.717) is 6.04 Å². The van der Waals surface area contributed by atoms with E-state index >= 15 is 0 Å². The van der Waals surface area contributed by atoms with Crippen molar-refractivity contribution in [1.82, 2.24) is 4.90 Å². The van der Waals surface area contributed by atoms with Crippen molar-refractivity contribution in [3.8, 4) is 12.3 Å². The minimum Gasteiger partial charge on any atom is -0.396 e. The zero-order valence-electron chi connectivity index (χ0n) is 7.50. The highest BCUT2D eigenvalue weighted by molar-refractivity contribution is 4.91. The first-order chi connectivity index (χ1) is 5.88. The van der Waals surface area contributed by atoms with Gasteiger partial charge in [-0.05, 0) is 25.8 Å². The summed E-state index contributed by atoms with van der Waals surface area (Å²) in [5.41, 5.74) is 0. The summed E-state index contributed by atoms with van der Waals surface area (Å²) in [7, 11) is 0. The summed E-state index contributed by atoms with van der Waals surface area (Å²) in [5.74, 6) is 2.67. The molecule has 2 nitrogen and oxygen atoms in total. The maximum atomic E-state index is 8.83. The Morgan fingerprint density at radius 1 is 1.50 bits per heavy atom. The molecule has 12 heavy (non-hydrogen) atoms. The van der Waals surface area contributed by atoms with Gasteiger partial charge in [0, 0.05) is 12.6 Å². The molecule has 1 aliphatic rings. The molecule has 68 valence electrons. The summed E-state index contributed by atoms with van der Waals surface area (Å²) in [6.45, 7) is 2.13. The maximum Gasteiger partial charge on any atom is 0.0601 e. The molecular weight excluding hydrogens is 150 g/mol. The van der Waals surface area contributed by atoms with Gasteiger partial charge >= 0.3 is 0 Å². The van der Waals surface area contributed by atoms with Gasteiger partial charge in [0.25, 0.3) is 0 Å². The summed E-state index contributed by atoms with van der Waals surface area (Å²) in [6, 6.07) is 0.528. The average Bonchev–Trinajstić information content (AvgIpc) is 2.09. The molecule has 1 aliphatic heterocycles. The van der Waals surface area contributed by atoms with Crippen LogP contribution in [-0.4, -0.2) is 35.7 Å². The molecule has 0 aromatic heterocycles. The van der Waals surface area contributed by atoms with E-state index in [9.17, 15) is 0 Å². The molecule has 0 bridgehead atoms. The lowest BCUT2D eigenvalue weighted by Crippen LogP contribution is -2.40. The molecule has 1 atom stereocenters. The van der Waals surface area contributed by atoms with Gasteiger partial charge in [0.05, 0.1) is 6.54 Å². The minimum atomic E-state index is 0.283. The number of hydrogen-bond donors (Lipinski definition) is 1. The van der Waals surface area contributed by atoms with Gasteiger partial charge in [0.1, 0.15) is 0 Å². The second-order valence-electron chi connectivity index (χ2n) is 3.34. The molecule has 0 saturated carbocycles. The van der Waals surface area contributed by atoms with Crippen LogP contribution in [-0.2, 0) is 0 Å². The summed E-state index contributed by atoms with van der Waals surface area (Å²) in [4.78, 5) is 2.31. The lowest BCUT2D eigenvalue weighted by Gasteiger charge is -2.33. The second kappa shape index (κ2) is 5.18. The fourth-order valence-corrected chi connectivity index (χ4v) is 1.86. The first kappa shape index (κ1) is 9.57. The molecule has 0 amide bonds. The van der Waals surface area contributed by atoms with E-state index < -0.39 is 0 Å². The quantitative estimate of drug-likeness (QED) is 0.630. The van der Waals surface area contributed by atoms with Crippen molar-refractivity contribution in [3.63, 3.8) is 0 Å². The van der Waals surface area contributed by atoms with E-state index in [2.05, 4.69) is 10.8 Å². The average molecular weight is 167 g/mol. The van der Waals surface area contributed by atoms with Crippen molar-refractivity contribution in [3.05, 3.63) is 0 Å². The SMILES string of the molecule is C#CCN1CCCCC1CCO. The van der Waals surface area contributed by atoms with Gasteiger partial charge in [-0.1, -0.05) is 12.3 Å². The Morgan fingerprint density at radius 2 is 2.33 bits per heavy atom. The fraction of sp³-hybridized carbons (Fsp3) is 0.800. The number of terminal acetylenes is 1. The standard InChI is InChI=1S/C10H17NO/c1-2-7-11-8-4-3-5-10(11)6-9-12/h1,10,12H,3-9H2. The number of rotatable bonds is 3. The third-order valence-electron chi connectivity index (χ3n) is 2.51. The lowest BCUT2D eigenvalue weighted by atomic mass is 10.00. The van der Waals surface area contributed by atoms with Crippen molar-refractivity contribution < 1.29 is 5.11 Å². The minimum absolute atomic E-state index is 0.283. The summed E-state index contributed by atoms with van der Waals surface area (Å²) in [5, 5.41) is 8.83. The zero-order valence-corrected chi connectivity index (χ0v) is 7.50. The zero-order chi connectivity index (χ0) is 8.81. The smallest absolute Gasteiger partial charge is 0.0601 e. The molecule has 0 aromatic carbocycles. The van der Waals surface area contributed by atoms with Crippen molar-refractivity contribution in [2.45, 2.75) is 31.7 Å². The van der Waals surface area contributed by atoms with Crippen LogP contribution in [0.5, 0.6) is 0 Å². The van der Waals surface area contributed by atoms with Gasteiger partial charge in [0.15, 0.2) is 0 Å². The van der Waals surface area contributed by atoms with Crippen LogP contribution in [0.1, 0.15) is 25.7 Å². The highest BCUT2D eigenvalue weighted by Crippen LogP contribution is 2.18. The largest absolute Gasteiger partial charge is 0.396 e. The number of aliphatic hydroxyl groups excluding tert-OH is 1. The van der Waals surface area contributed by atoms with E-state index in [-0.39, 0.29) is 6.61 Å². The normalized spacial score (nSPS) is 25.2. The van der Waals surface area contributed by atoms with Gasteiger partial charge in [-0.3, -0.25) is 4.90 Å². The molecule has 2 heteroatoms. The summed E-state index contributed by atoms with van der Waals surface area (Å²) in [6.07, 6.45) is 9.87. The van der Waals surface area contributed by atoms with Gasteiger partial charge in [-0.15, -0.1) is 6.42 Å². The van der Waals surface area contributed by atoms with Crippen LogP contribution in [0.25, 0.3) is 0 Å². The van der Waals surface area contributed by atoms with E-state index in [1.54, 1.807) is 0 Å². The number of aliphatic hydroxyl groups is 1. The Morgan fingerprint density at radius 3 is 3.00 bits per heavy atom. The number of hydrogen-bond acceptors (Lipinski definition) is 2. The van der Waals surface area contributed by atoms with E-state index in [4.69, 9.17) is 11.5 Å². The number of likely N-dealkylation sites (tertiary alicyclic amines) is 1. The van der Waals surface area contributed by atoms with Crippen molar-refractivity contribution >= 4 is 0 Å². The number of piperidine rings is 1. The Balaban J connectivity index is 2.38. The van der Waals surface area contributed by atoms with Crippen molar-refractivity contribution in [2.75, 3.05) is 19.7 Å². The highest BCUT2D eigenvalue weighted by atomic mass is 16.3. The topological polar surface area (TPSA) is 23.5 Å². The second-order valence-corrected chi connectivity index (χ2v) is 3.34. The molecule has 0 aromatic rings. The van der Waals surface area contributed by atoms with Crippen molar-refractivity contribution in [2.24, 2.45) is 0 Å². The van der Waals surface area contributed by atoms with Gasteiger partial charge in [-0.2, -0.15) is 0 Å². The van der Waals surface area contributed by atoms with Crippen LogP contribution in [0.3, 0.4) is 0 Å². The van der Waals surface area contributed by atoms with Crippen LogP contribution >= 0.6 is 0 Å². The van der Waals surface area contributed by atoms with E-state index in [0.717, 1.165) is 19.5 Å². The Hall–Kier alpha value is -0.520. The number of nitrogens with zero attached hydrogens (tertiary/aromatic N) is 1. The predicted octanol–water partition coefficient (Wildman–Crippen LogP) is 0.857. The molecule has 0 radical (unpaired) electrons. The molecule has 1 N–H and O–H groups in total.